The van der Waals surface area contributed by atoms with Crippen LogP contribution >= 0.6 is 0 Å². The number of piperazine rings is 1. The minimum absolute atomic E-state index is 0.0377. The fraction of sp³-hybridized carbons (Fsp3) is 0.476. The number of nitrogens with zero attached hydrogens (tertiary/aromatic N) is 4. The Morgan fingerprint density at radius 2 is 1.64 bits per heavy atom. The van der Waals surface area contributed by atoms with E-state index >= 15 is 0 Å². The third kappa shape index (κ3) is 3.42. The summed E-state index contributed by atoms with van der Waals surface area (Å²) in [6.07, 6.45) is 5.09. The average Bonchev–Trinajstić information content (AvgIpc) is 3.29. The number of carbonyl (C=O) groups is 2. The molecule has 148 valence electrons. The van der Waals surface area contributed by atoms with Gasteiger partial charge in [0.1, 0.15) is 5.54 Å². The number of rotatable bonds is 3. The van der Waals surface area contributed by atoms with Gasteiger partial charge in [-0.1, -0.05) is 17.7 Å². The predicted octanol–water partition coefficient (Wildman–Crippen LogP) is 1.25. The van der Waals surface area contributed by atoms with Crippen LogP contribution in [0, 0.1) is 6.92 Å². The van der Waals surface area contributed by atoms with Crippen molar-refractivity contribution in [1.82, 2.24) is 24.9 Å². The molecule has 2 aliphatic heterocycles. The Kier molecular flexibility index (Phi) is 5.17. The van der Waals surface area contributed by atoms with E-state index in [4.69, 9.17) is 0 Å². The smallest absolute Gasteiger partial charge is 0.253 e. The molecule has 0 aliphatic carbocycles. The van der Waals surface area contributed by atoms with E-state index in [2.05, 4.69) is 10.4 Å². The molecule has 4 rings (SSSR count). The highest BCUT2D eigenvalue weighted by Gasteiger charge is 2.45. The third-order valence-electron chi connectivity index (χ3n) is 5.92. The number of nitrogens with one attached hydrogen (secondary N) is 1. The molecule has 0 bridgehead atoms. The second-order valence-corrected chi connectivity index (χ2v) is 7.68. The molecule has 7 heteroatoms. The molecule has 3 heterocycles. The molecular formula is C21H27N5O2. The van der Waals surface area contributed by atoms with E-state index in [9.17, 15) is 9.59 Å². The zero-order chi connectivity index (χ0) is 19.6. The molecule has 2 aromatic rings. The largest absolute Gasteiger partial charge is 0.337 e. The van der Waals surface area contributed by atoms with Gasteiger partial charge in [0, 0.05) is 44.1 Å². The van der Waals surface area contributed by atoms with Gasteiger partial charge in [-0.15, -0.1) is 0 Å². The molecule has 1 aromatic carbocycles. The summed E-state index contributed by atoms with van der Waals surface area (Å²) in [5.74, 6) is 0.163. The van der Waals surface area contributed by atoms with E-state index < -0.39 is 5.54 Å². The van der Waals surface area contributed by atoms with E-state index in [0.29, 0.717) is 31.7 Å². The van der Waals surface area contributed by atoms with Crippen LogP contribution in [-0.2, 0) is 10.3 Å². The lowest BCUT2D eigenvalue weighted by atomic mass is 9.86. The van der Waals surface area contributed by atoms with Crippen molar-refractivity contribution in [2.24, 2.45) is 0 Å². The maximum Gasteiger partial charge on any atom is 0.253 e. The summed E-state index contributed by atoms with van der Waals surface area (Å²) in [6.45, 7) is 5.86. The fourth-order valence-electron chi connectivity index (χ4n) is 4.19. The van der Waals surface area contributed by atoms with Crippen LogP contribution in [0.15, 0.2) is 42.7 Å². The van der Waals surface area contributed by atoms with Crippen LogP contribution in [0.1, 0.15) is 28.8 Å². The van der Waals surface area contributed by atoms with Gasteiger partial charge in [0.2, 0.25) is 0 Å². The van der Waals surface area contributed by atoms with Crippen molar-refractivity contribution >= 4 is 11.8 Å². The van der Waals surface area contributed by atoms with E-state index in [1.165, 1.54) is 0 Å². The Morgan fingerprint density at radius 3 is 2.25 bits per heavy atom. The quantitative estimate of drug-likeness (QED) is 0.869. The van der Waals surface area contributed by atoms with Crippen molar-refractivity contribution in [3.63, 3.8) is 0 Å². The standard InChI is InChI=1S/C21H27N5O2/c1-17-3-5-18(6-4-17)19(27)24-13-15-25(16-14-24)20(28)21(7-10-22-11-8-21)26-12-2-9-23-26/h2-6,9,12,22H,7-8,10-11,13-16H2,1H3. The summed E-state index contributed by atoms with van der Waals surface area (Å²) in [7, 11) is 0. The van der Waals surface area contributed by atoms with Crippen molar-refractivity contribution in [2.45, 2.75) is 25.3 Å². The predicted molar refractivity (Wildman–Crippen MR) is 106 cm³/mol. The van der Waals surface area contributed by atoms with Crippen molar-refractivity contribution in [2.75, 3.05) is 39.3 Å². The van der Waals surface area contributed by atoms with Crippen molar-refractivity contribution in [3.8, 4) is 0 Å². The van der Waals surface area contributed by atoms with Crippen LogP contribution in [0.5, 0.6) is 0 Å². The van der Waals surface area contributed by atoms with Crippen LogP contribution in [0.25, 0.3) is 0 Å². The Morgan fingerprint density at radius 1 is 1.00 bits per heavy atom. The molecular weight excluding hydrogens is 354 g/mol. The van der Waals surface area contributed by atoms with Crippen LogP contribution in [0.2, 0.25) is 0 Å². The van der Waals surface area contributed by atoms with Gasteiger partial charge in [-0.25, -0.2) is 0 Å². The third-order valence-corrected chi connectivity index (χ3v) is 5.92. The number of aromatic nitrogens is 2. The maximum atomic E-state index is 13.5. The molecule has 0 unspecified atom stereocenters. The highest BCUT2D eigenvalue weighted by molar-refractivity contribution is 5.94. The SMILES string of the molecule is Cc1ccc(C(=O)N2CCN(C(=O)C3(n4cccn4)CCNCC3)CC2)cc1. The summed E-state index contributed by atoms with van der Waals surface area (Å²) in [5.41, 5.74) is 1.23. The first-order valence-electron chi connectivity index (χ1n) is 9.96. The first-order valence-corrected chi connectivity index (χ1v) is 9.96. The zero-order valence-corrected chi connectivity index (χ0v) is 16.3. The van der Waals surface area contributed by atoms with E-state index in [-0.39, 0.29) is 11.8 Å². The second kappa shape index (κ2) is 7.75. The topological polar surface area (TPSA) is 70.5 Å². The number of aryl methyl sites for hydroxylation is 1. The summed E-state index contributed by atoms with van der Waals surface area (Å²) in [4.78, 5) is 30.0. The van der Waals surface area contributed by atoms with E-state index in [0.717, 1.165) is 31.5 Å². The molecule has 28 heavy (non-hydrogen) atoms. The second-order valence-electron chi connectivity index (χ2n) is 7.68. The van der Waals surface area contributed by atoms with Crippen LogP contribution in [-0.4, -0.2) is 70.7 Å². The van der Waals surface area contributed by atoms with Gasteiger partial charge in [0.15, 0.2) is 0 Å². The highest BCUT2D eigenvalue weighted by Crippen LogP contribution is 2.30. The molecule has 0 radical (unpaired) electrons. The lowest BCUT2D eigenvalue weighted by Crippen LogP contribution is -2.59. The molecule has 7 nitrogen and oxygen atoms in total. The number of amides is 2. The summed E-state index contributed by atoms with van der Waals surface area (Å²) in [5, 5.41) is 7.73. The lowest BCUT2D eigenvalue weighted by molar-refractivity contribution is -0.144. The number of hydrogen-bond donors (Lipinski definition) is 1. The van der Waals surface area contributed by atoms with Crippen LogP contribution < -0.4 is 5.32 Å². The first-order chi connectivity index (χ1) is 13.6. The maximum absolute atomic E-state index is 13.5. The van der Waals surface area contributed by atoms with Gasteiger partial charge in [-0.2, -0.15) is 5.10 Å². The molecule has 1 aromatic heterocycles. The monoisotopic (exact) mass is 381 g/mol. The summed E-state index contributed by atoms with van der Waals surface area (Å²) in [6, 6.07) is 9.53. The number of carbonyl (C=O) groups excluding carboxylic acids is 2. The lowest BCUT2D eigenvalue weighted by Gasteiger charge is -2.43. The minimum Gasteiger partial charge on any atom is -0.337 e. The minimum atomic E-state index is -0.613. The van der Waals surface area contributed by atoms with Gasteiger partial charge in [0.05, 0.1) is 0 Å². The molecule has 0 atom stereocenters. The Bertz CT molecular complexity index is 817. The van der Waals surface area contributed by atoms with Crippen LogP contribution in [0.4, 0.5) is 0 Å². The van der Waals surface area contributed by atoms with E-state index in [1.54, 1.807) is 6.20 Å². The molecule has 0 saturated carbocycles. The number of piperidine rings is 1. The molecule has 2 saturated heterocycles. The molecule has 2 aliphatic rings. The number of hydrogen-bond acceptors (Lipinski definition) is 4. The van der Waals surface area contributed by atoms with Crippen molar-refractivity contribution in [1.29, 1.82) is 0 Å². The first kappa shape index (κ1) is 18.7. The highest BCUT2D eigenvalue weighted by atomic mass is 16.2. The molecule has 2 fully saturated rings. The van der Waals surface area contributed by atoms with Gasteiger partial charge < -0.3 is 15.1 Å². The van der Waals surface area contributed by atoms with E-state index in [1.807, 2.05) is 57.9 Å². The van der Waals surface area contributed by atoms with Gasteiger partial charge in [-0.3, -0.25) is 14.3 Å². The fourth-order valence-corrected chi connectivity index (χ4v) is 4.19. The summed E-state index contributed by atoms with van der Waals surface area (Å²) >= 11 is 0. The molecule has 0 spiro atoms. The number of benzene rings is 1. The van der Waals surface area contributed by atoms with Gasteiger partial charge in [-0.05, 0) is 51.1 Å². The van der Waals surface area contributed by atoms with Gasteiger partial charge >= 0.3 is 0 Å². The average molecular weight is 381 g/mol. The molecule has 1 N–H and O–H groups in total. The zero-order valence-electron chi connectivity index (χ0n) is 16.3. The normalized spacial score (nSPS) is 19.5. The summed E-state index contributed by atoms with van der Waals surface area (Å²) < 4.78 is 1.83. The molecule has 2 amide bonds. The van der Waals surface area contributed by atoms with Crippen molar-refractivity contribution in [3.05, 3.63) is 53.9 Å². The van der Waals surface area contributed by atoms with Crippen molar-refractivity contribution < 1.29 is 9.59 Å². The Hall–Kier alpha value is -2.67. The van der Waals surface area contributed by atoms with Crippen LogP contribution in [0.3, 0.4) is 0 Å². The Labute approximate surface area is 165 Å². The Balaban J connectivity index is 1.44. The van der Waals surface area contributed by atoms with Gasteiger partial charge in [0.25, 0.3) is 11.8 Å².